The average Bonchev–Trinajstić information content (AvgIpc) is 3.23. The first-order valence-corrected chi connectivity index (χ1v) is 7.35. The molecule has 2 fully saturated rings. The molecule has 5 nitrogen and oxygen atoms in total. The van der Waals surface area contributed by atoms with Crippen LogP contribution in [-0.4, -0.2) is 72.9 Å². The summed E-state index contributed by atoms with van der Waals surface area (Å²) in [6.07, 6.45) is 2.34. The number of carbonyl (C=O) groups excluding carboxylic acids is 1. The predicted octanol–water partition coefficient (Wildman–Crippen LogP) is 0.327. The number of rotatable bonds is 6. The Labute approximate surface area is 115 Å². The van der Waals surface area contributed by atoms with Gasteiger partial charge in [0.05, 0.1) is 19.3 Å². The summed E-state index contributed by atoms with van der Waals surface area (Å²) >= 11 is 0. The van der Waals surface area contributed by atoms with Gasteiger partial charge in [-0.1, -0.05) is 6.92 Å². The van der Waals surface area contributed by atoms with E-state index < -0.39 is 0 Å². The lowest BCUT2D eigenvalue weighted by Crippen LogP contribution is -2.48. The third-order valence-electron chi connectivity index (χ3n) is 4.22. The van der Waals surface area contributed by atoms with Crippen LogP contribution >= 0.6 is 0 Å². The highest BCUT2D eigenvalue weighted by Gasteiger charge is 2.32. The molecule has 1 amide bonds. The number of hydrogen-bond donors (Lipinski definition) is 1. The molecule has 0 bridgehead atoms. The number of aliphatic hydroxyl groups is 1. The van der Waals surface area contributed by atoms with Crippen LogP contribution in [0.15, 0.2) is 0 Å². The SMILES string of the molecule is CCN1CCOCC1CC(=O)N(C)CC(O)C1CC1. The molecular weight excluding hydrogens is 244 g/mol. The lowest BCUT2D eigenvalue weighted by atomic mass is 10.1. The molecule has 5 heteroatoms. The Morgan fingerprint density at radius 3 is 2.89 bits per heavy atom. The lowest BCUT2D eigenvalue weighted by Gasteiger charge is -2.35. The number of likely N-dealkylation sites (N-methyl/N-ethyl adjacent to an activating group) is 2. The number of carbonyl (C=O) groups is 1. The zero-order valence-corrected chi connectivity index (χ0v) is 12.0. The van der Waals surface area contributed by atoms with Crippen molar-refractivity contribution in [2.75, 3.05) is 39.9 Å². The van der Waals surface area contributed by atoms with E-state index in [2.05, 4.69) is 11.8 Å². The molecule has 2 rings (SSSR count). The number of hydrogen-bond acceptors (Lipinski definition) is 4. The van der Waals surface area contributed by atoms with Crippen molar-refractivity contribution in [3.63, 3.8) is 0 Å². The molecule has 1 heterocycles. The normalized spacial score (nSPS) is 26.2. The van der Waals surface area contributed by atoms with Crippen molar-refractivity contribution in [2.24, 2.45) is 5.92 Å². The van der Waals surface area contributed by atoms with Crippen molar-refractivity contribution in [1.82, 2.24) is 9.80 Å². The van der Waals surface area contributed by atoms with Gasteiger partial charge in [-0.25, -0.2) is 0 Å². The third-order valence-corrected chi connectivity index (χ3v) is 4.22. The molecule has 1 saturated heterocycles. The fraction of sp³-hybridized carbons (Fsp3) is 0.929. The number of morpholine rings is 1. The van der Waals surface area contributed by atoms with Gasteiger partial charge in [-0.05, 0) is 25.3 Å². The van der Waals surface area contributed by atoms with Gasteiger partial charge in [0.15, 0.2) is 0 Å². The molecule has 1 aliphatic carbocycles. The molecule has 1 saturated carbocycles. The molecule has 0 aromatic rings. The van der Waals surface area contributed by atoms with Crippen LogP contribution in [-0.2, 0) is 9.53 Å². The lowest BCUT2D eigenvalue weighted by molar-refractivity contribution is -0.134. The summed E-state index contributed by atoms with van der Waals surface area (Å²) in [5.41, 5.74) is 0. The van der Waals surface area contributed by atoms with Gasteiger partial charge in [-0.3, -0.25) is 9.69 Å². The largest absolute Gasteiger partial charge is 0.391 e. The van der Waals surface area contributed by atoms with Crippen molar-refractivity contribution >= 4 is 5.91 Å². The van der Waals surface area contributed by atoms with Crippen molar-refractivity contribution in [3.05, 3.63) is 0 Å². The molecule has 1 N–H and O–H groups in total. The summed E-state index contributed by atoms with van der Waals surface area (Å²) in [6, 6.07) is 0.187. The summed E-state index contributed by atoms with van der Waals surface area (Å²) in [7, 11) is 1.79. The standard InChI is InChI=1S/C14H26N2O3/c1-3-16-6-7-19-10-12(16)8-14(18)15(2)9-13(17)11-4-5-11/h11-13,17H,3-10H2,1-2H3. The molecule has 0 radical (unpaired) electrons. The molecule has 0 aromatic heterocycles. The minimum atomic E-state index is -0.348. The first-order chi connectivity index (χ1) is 9.11. The van der Waals surface area contributed by atoms with E-state index in [9.17, 15) is 9.90 Å². The van der Waals surface area contributed by atoms with Crippen LogP contribution in [0.4, 0.5) is 0 Å². The summed E-state index contributed by atoms with van der Waals surface area (Å²) in [6.45, 7) is 5.83. The summed E-state index contributed by atoms with van der Waals surface area (Å²) < 4.78 is 5.46. The number of aliphatic hydroxyl groups excluding tert-OH is 1. The van der Waals surface area contributed by atoms with Gasteiger partial charge < -0.3 is 14.7 Å². The van der Waals surface area contributed by atoms with Gasteiger partial charge in [0.25, 0.3) is 0 Å². The Bertz CT molecular complexity index is 307. The smallest absolute Gasteiger partial charge is 0.224 e. The maximum Gasteiger partial charge on any atom is 0.224 e. The van der Waals surface area contributed by atoms with Gasteiger partial charge in [-0.15, -0.1) is 0 Å². The molecule has 1 aliphatic heterocycles. The molecule has 110 valence electrons. The zero-order chi connectivity index (χ0) is 13.8. The van der Waals surface area contributed by atoms with Crippen LogP contribution in [0.5, 0.6) is 0 Å². The first kappa shape index (κ1) is 14.8. The van der Waals surface area contributed by atoms with Crippen LogP contribution < -0.4 is 0 Å². The maximum atomic E-state index is 12.2. The highest BCUT2D eigenvalue weighted by atomic mass is 16.5. The third kappa shape index (κ3) is 4.16. The predicted molar refractivity (Wildman–Crippen MR) is 72.8 cm³/mol. The minimum absolute atomic E-state index is 0.105. The second kappa shape index (κ2) is 6.68. The highest BCUT2D eigenvalue weighted by molar-refractivity contribution is 5.76. The zero-order valence-electron chi connectivity index (χ0n) is 12.0. The maximum absolute atomic E-state index is 12.2. The number of ether oxygens (including phenoxy) is 1. The van der Waals surface area contributed by atoms with E-state index in [0.29, 0.717) is 25.5 Å². The van der Waals surface area contributed by atoms with E-state index in [1.54, 1.807) is 11.9 Å². The van der Waals surface area contributed by atoms with Crippen LogP contribution in [0, 0.1) is 5.92 Å². The molecular formula is C14H26N2O3. The van der Waals surface area contributed by atoms with Crippen molar-refractivity contribution in [1.29, 1.82) is 0 Å². The van der Waals surface area contributed by atoms with Gasteiger partial charge in [0.2, 0.25) is 5.91 Å². The van der Waals surface area contributed by atoms with E-state index >= 15 is 0 Å². The Kier molecular flexibility index (Phi) is 5.19. The molecule has 2 aliphatic rings. The number of amides is 1. The van der Waals surface area contributed by atoms with Crippen LogP contribution in [0.2, 0.25) is 0 Å². The molecule has 0 aromatic carbocycles. The molecule has 0 spiro atoms. The van der Waals surface area contributed by atoms with Gasteiger partial charge in [0.1, 0.15) is 0 Å². The van der Waals surface area contributed by atoms with Crippen LogP contribution in [0.25, 0.3) is 0 Å². The Balaban J connectivity index is 1.77. The summed E-state index contributed by atoms with van der Waals surface area (Å²) in [5, 5.41) is 9.88. The number of nitrogens with zero attached hydrogens (tertiary/aromatic N) is 2. The van der Waals surface area contributed by atoms with Gasteiger partial charge in [-0.2, -0.15) is 0 Å². The molecule has 2 atom stereocenters. The van der Waals surface area contributed by atoms with E-state index in [-0.39, 0.29) is 18.1 Å². The van der Waals surface area contributed by atoms with Gasteiger partial charge >= 0.3 is 0 Å². The summed E-state index contributed by atoms with van der Waals surface area (Å²) in [4.78, 5) is 16.2. The Morgan fingerprint density at radius 1 is 1.53 bits per heavy atom. The molecule has 2 unspecified atom stereocenters. The van der Waals surface area contributed by atoms with E-state index in [1.807, 2.05) is 0 Å². The minimum Gasteiger partial charge on any atom is -0.391 e. The van der Waals surface area contributed by atoms with Crippen molar-refractivity contribution in [3.8, 4) is 0 Å². The van der Waals surface area contributed by atoms with Crippen molar-refractivity contribution in [2.45, 2.75) is 38.3 Å². The highest BCUT2D eigenvalue weighted by Crippen LogP contribution is 2.32. The van der Waals surface area contributed by atoms with E-state index in [4.69, 9.17) is 4.74 Å². The van der Waals surface area contributed by atoms with Crippen LogP contribution in [0.3, 0.4) is 0 Å². The molecule has 19 heavy (non-hydrogen) atoms. The fourth-order valence-corrected chi connectivity index (χ4v) is 2.66. The topological polar surface area (TPSA) is 53.0 Å². The fourth-order valence-electron chi connectivity index (χ4n) is 2.66. The van der Waals surface area contributed by atoms with Crippen LogP contribution in [0.1, 0.15) is 26.2 Å². The van der Waals surface area contributed by atoms with Gasteiger partial charge in [0, 0.05) is 32.6 Å². The second-order valence-electron chi connectivity index (χ2n) is 5.74. The quantitative estimate of drug-likeness (QED) is 0.755. The Morgan fingerprint density at radius 2 is 2.26 bits per heavy atom. The average molecular weight is 270 g/mol. The summed E-state index contributed by atoms with van der Waals surface area (Å²) in [5.74, 6) is 0.522. The Hall–Kier alpha value is -0.650. The monoisotopic (exact) mass is 270 g/mol. The van der Waals surface area contributed by atoms with E-state index in [1.165, 1.54) is 0 Å². The first-order valence-electron chi connectivity index (χ1n) is 7.35. The van der Waals surface area contributed by atoms with E-state index in [0.717, 1.165) is 32.5 Å². The van der Waals surface area contributed by atoms with Crippen molar-refractivity contribution < 1.29 is 14.6 Å². The second-order valence-corrected chi connectivity index (χ2v) is 5.74.